The molecular formula is C16H23N3O2. The fraction of sp³-hybridized carbons (Fsp3) is 0.500. The number of anilines is 2. The van der Waals surface area contributed by atoms with Gasteiger partial charge >= 0.3 is 0 Å². The van der Waals surface area contributed by atoms with E-state index in [1.54, 1.807) is 6.07 Å². The molecule has 1 aromatic carbocycles. The van der Waals surface area contributed by atoms with E-state index in [-0.39, 0.29) is 23.1 Å². The van der Waals surface area contributed by atoms with Gasteiger partial charge in [-0.3, -0.25) is 9.59 Å². The summed E-state index contributed by atoms with van der Waals surface area (Å²) in [6, 6.07) is 7.24. The van der Waals surface area contributed by atoms with Gasteiger partial charge in [0.1, 0.15) is 0 Å². The van der Waals surface area contributed by atoms with Crippen molar-refractivity contribution >= 4 is 23.2 Å². The van der Waals surface area contributed by atoms with Gasteiger partial charge in [-0.1, -0.05) is 19.9 Å². The van der Waals surface area contributed by atoms with E-state index in [1.165, 1.54) is 0 Å². The van der Waals surface area contributed by atoms with Gasteiger partial charge in [-0.25, -0.2) is 0 Å². The lowest BCUT2D eigenvalue weighted by Gasteiger charge is -2.21. The Morgan fingerprint density at radius 2 is 1.90 bits per heavy atom. The molecule has 0 radical (unpaired) electrons. The number of amides is 2. The fourth-order valence-electron chi connectivity index (χ4n) is 2.25. The van der Waals surface area contributed by atoms with Crippen molar-refractivity contribution < 1.29 is 9.59 Å². The average Bonchev–Trinajstić information content (AvgIpc) is 2.87. The summed E-state index contributed by atoms with van der Waals surface area (Å²) < 4.78 is 0. The van der Waals surface area contributed by atoms with Crippen LogP contribution in [0.2, 0.25) is 0 Å². The van der Waals surface area contributed by atoms with Crippen molar-refractivity contribution in [3.63, 3.8) is 0 Å². The van der Waals surface area contributed by atoms with Crippen molar-refractivity contribution in [2.24, 2.45) is 11.3 Å². The van der Waals surface area contributed by atoms with Gasteiger partial charge in [0.15, 0.2) is 0 Å². The number of carbonyl (C=O) groups is 2. The third-order valence-corrected chi connectivity index (χ3v) is 3.83. The lowest BCUT2D eigenvalue weighted by atomic mass is 9.89. The highest BCUT2D eigenvalue weighted by Gasteiger charge is 2.36. The van der Waals surface area contributed by atoms with Gasteiger partial charge in [0, 0.05) is 23.8 Å². The van der Waals surface area contributed by atoms with Crippen LogP contribution >= 0.6 is 0 Å². The monoisotopic (exact) mass is 289 g/mol. The second-order valence-corrected chi connectivity index (χ2v) is 6.17. The van der Waals surface area contributed by atoms with Crippen LogP contribution in [0.5, 0.6) is 0 Å². The SMILES string of the molecule is CC(C)C(=O)Nc1cccc(NC(=O)C2(C)CCNC2)c1. The van der Waals surface area contributed by atoms with Gasteiger partial charge in [-0.2, -0.15) is 0 Å². The molecule has 0 bridgehead atoms. The number of rotatable bonds is 4. The second kappa shape index (κ2) is 6.26. The van der Waals surface area contributed by atoms with E-state index >= 15 is 0 Å². The lowest BCUT2D eigenvalue weighted by molar-refractivity contribution is -0.123. The van der Waals surface area contributed by atoms with E-state index in [9.17, 15) is 9.59 Å². The molecule has 1 aromatic rings. The number of carbonyl (C=O) groups excluding carboxylic acids is 2. The van der Waals surface area contributed by atoms with E-state index in [2.05, 4.69) is 16.0 Å². The van der Waals surface area contributed by atoms with Crippen LogP contribution in [0.4, 0.5) is 11.4 Å². The molecule has 5 nitrogen and oxygen atoms in total. The Hall–Kier alpha value is -1.88. The van der Waals surface area contributed by atoms with E-state index in [4.69, 9.17) is 0 Å². The van der Waals surface area contributed by atoms with E-state index < -0.39 is 0 Å². The molecule has 1 aliphatic rings. The molecule has 114 valence electrons. The van der Waals surface area contributed by atoms with Crippen LogP contribution in [0.25, 0.3) is 0 Å². The summed E-state index contributed by atoms with van der Waals surface area (Å²) in [7, 11) is 0. The third-order valence-electron chi connectivity index (χ3n) is 3.83. The Morgan fingerprint density at radius 3 is 2.48 bits per heavy atom. The molecule has 0 aliphatic carbocycles. The molecule has 1 aliphatic heterocycles. The summed E-state index contributed by atoms with van der Waals surface area (Å²) >= 11 is 0. The fourth-order valence-corrected chi connectivity index (χ4v) is 2.25. The Morgan fingerprint density at radius 1 is 1.24 bits per heavy atom. The van der Waals surface area contributed by atoms with Gasteiger partial charge in [0.2, 0.25) is 11.8 Å². The summed E-state index contributed by atoms with van der Waals surface area (Å²) in [5.41, 5.74) is 1.04. The first-order valence-corrected chi connectivity index (χ1v) is 7.34. The van der Waals surface area contributed by atoms with Crippen LogP contribution < -0.4 is 16.0 Å². The smallest absolute Gasteiger partial charge is 0.231 e. The zero-order chi connectivity index (χ0) is 15.5. The molecular weight excluding hydrogens is 266 g/mol. The average molecular weight is 289 g/mol. The predicted octanol–water partition coefficient (Wildman–Crippen LogP) is 2.22. The quantitative estimate of drug-likeness (QED) is 0.796. The number of nitrogens with one attached hydrogen (secondary N) is 3. The van der Waals surface area contributed by atoms with Crippen LogP contribution in [0.15, 0.2) is 24.3 Å². The normalized spacial score (nSPS) is 21.3. The summed E-state index contributed by atoms with van der Waals surface area (Å²) in [6.45, 7) is 7.22. The maximum Gasteiger partial charge on any atom is 0.231 e. The highest BCUT2D eigenvalue weighted by Crippen LogP contribution is 2.27. The van der Waals surface area contributed by atoms with Crippen LogP contribution in [-0.4, -0.2) is 24.9 Å². The van der Waals surface area contributed by atoms with Gasteiger partial charge in [0.25, 0.3) is 0 Å². The summed E-state index contributed by atoms with van der Waals surface area (Å²) in [6.07, 6.45) is 0.836. The molecule has 0 saturated carbocycles. The molecule has 3 N–H and O–H groups in total. The van der Waals surface area contributed by atoms with E-state index in [1.807, 2.05) is 39.0 Å². The Kier molecular flexibility index (Phi) is 4.63. The first kappa shape index (κ1) is 15.5. The zero-order valence-corrected chi connectivity index (χ0v) is 12.8. The largest absolute Gasteiger partial charge is 0.326 e. The Bertz CT molecular complexity index is 534. The number of benzene rings is 1. The first-order valence-electron chi connectivity index (χ1n) is 7.34. The number of hydrogen-bond donors (Lipinski definition) is 3. The highest BCUT2D eigenvalue weighted by molar-refractivity contribution is 5.97. The molecule has 1 atom stereocenters. The second-order valence-electron chi connectivity index (χ2n) is 6.17. The van der Waals surface area contributed by atoms with Crippen LogP contribution in [0.3, 0.4) is 0 Å². The lowest BCUT2D eigenvalue weighted by Crippen LogP contribution is -2.35. The van der Waals surface area contributed by atoms with Crippen LogP contribution in [-0.2, 0) is 9.59 Å². The standard InChI is InChI=1S/C16H23N3O2/c1-11(2)14(20)18-12-5-4-6-13(9-12)19-15(21)16(3)7-8-17-10-16/h4-6,9,11,17H,7-8,10H2,1-3H3,(H,18,20)(H,19,21). The molecule has 1 heterocycles. The van der Waals surface area contributed by atoms with E-state index in [0.29, 0.717) is 17.9 Å². The maximum atomic E-state index is 12.3. The third kappa shape index (κ3) is 3.82. The maximum absolute atomic E-state index is 12.3. The molecule has 1 saturated heterocycles. The summed E-state index contributed by atoms with van der Waals surface area (Å²) in [5.74, 6) is -0.100. The Balaban J connectivity index is 2.04. The van der Waals surface area contributed by atoms with Crippen molar-refractivity contribution in [1.82, 2.24) is 5.32 Å². The molecule has 1 unspecified atom stereocenters. The topological polar surface area (TPSA) is 70.2 Å². The van der Waals surface area contributed by atoms with Gasteiger partial charge in [0.05, 0.1) is 5.41 Å². The van der Waals surface area contributed by atoms with Crippen molar-refractivity contribution in [2.75, 3.05) is 23.7 Å². The van der Waals surface area contributed by atoms with E-state index in [0.717, 1.165) is 13.0 Å². The molecule has 1 fully saturated rings. The molecule has 5 heteroatoms. The van der Waals surface area contributed by atoms with Crippen LogP contribution in [0, 0.1) is 11.3 Å². The van der Waals surface area contributed by atoms with Crippen molar-refractivity contribution in [2.45, 2.75) is 27.2 Å². The number of hydrogen-bond acceptors (Lipinski definition) is 3. The van der Waals surface area contributed by atoms with Gasteiger partial charge in [-0.15, -0.1) is 0 Å². The van der Waals surface area contributed by atoms with Crippen LogP contribution in [0.1, 0.15) is 27.2 Å². The predicted molar refractivity (Wildman–Crippen MR) is 84.1 cm³/mol. The van der Waals surface area contributed by atoms with Gasteiger partial charge in [-0.05, 0) is 38.1 Å². The van der Waals surface area contributed by atoms with Crippen molar-refractivity contribution in [3.8, 4) is 0 Å². The van der Waals surface area contributed by atoms with Gasteiger partial charge < -0.3 is 16.0 Å². The summed E-state index contributed by atoms with van der Waals surface area (Å²) in [5, 5.41) is 8.98. The van der Waals surface area contributed by atoms with Crippen molar-refractivity contribution in [1.29, 1.82) is 0 Å². The first-order chi connectivity index (χ1) is 9.90. The Labute approximate surface area is 125 Å². The molecule has 2 amide bonds. The molecule has 2 rings (SSSR count). The molecule has 0 aromatic heterocycles. The molecule has 21 heavy (non-hydrogen) atoms. The minimum Gasteiger partial charge on any atom is -0.326 e. The molecule has 0 spiro atoms. The highest BCUT2D eigenvalue weighted by atomic mass is 16.2. The minimum atomic E-state index is -0.364. The minimum absolute atomic E-state index is 0.0137. The zero-order valence-electron chi connectivity index (χ0n) is 12.8. The summed E-state index contributed by atoms with van der Waals surface area (Å²) in [4.78, 5) is 24.0. The van der Waals surface area contributed by atoms with Crippen molar-refractivity contribution in [3.05, 3.63) is 24.3 Å².